The van der Waals surface area contributed by atoms with E-state index in [9.17, 15) is 19.2 Å². The molecule has 40 heavy (non-hydrogen) atoms. The van der Waals surface area contributed by atoms with Crippen molar-refractivity contribution in [1.82, 2.24) is 5.32 Å². The Labute approximate surface area is 240 Å². The van der Waals surface area contributed by atoms with Crippen LogP contribution >= 0.6 is 23.2 Å². The van der Waals surface area contributed by atoms with Crippen molar-refractivity contribution in [3.63, 3.8) is 0 Å². The van der Waals surface area contributed by atoms with Crippen molar-refractivity contribution in [3.05, 3.63) is 98.1 Å². The Morgan fingerprint density at radius 2 is 1.60 bits per heavy atom. The van der Waals surface area contributed by atoms with Crippen LogP contribution in [0.2, 0.25) is 10.0 Å². The molecule has 0 atom stereocenters. The Kier molecular flexibility index (Phi) is 8.46. The molecule has 0 fully saturated rings. The van der Waals surface area contributed by atoms with Crippen LogP contribution in [0.4, 0.5) is 11.4 Å². The number of allylic oxidation sites excluding steroid dienone is 1. The fraction of sp³-hybridized carbons (Fsp3) is 0.172. The first kappa shape index (κ1) is 28.7. The predicted octanol–water partition coefficient (Wildman–Crippen LogP) is 5.34. The fourth-order valence-electron chi connectivity index (χ4n) is 4.34. The number of hydrogen-bond donors (Lipinski definition) is 2. The number of amides is 3. The number of esters is 1. The Morgan fingerprint density at radius 1 is 0.950 bits per heavy atom. The van der Waals surface area contributed by atoms with Crippen molar-refractivity contribution in [2.24, 2.45) is 0 Å². The van der Waals surface area contributed by atoms with Gasteiger partial charge in [-0.2, -0.15) is 0 Å². The van der Waals surface area contributed by atoms with Crippen molar-refractivity contribution < 1.29 is 28.3 Å². The minimum atomic E-state index is -0.918. The van der Waals surface area contributed by atoms with Gasteiger partial charge >= 0.3 is 17.8 Å². The van der Waals surface area contributed by atoms with E-state index in [1.54, 1.807) is 19.1 Å². The number of carbonyl (C=O) groups is 4. The molecule has 0 aliphatic carbocycles. The first-order chi connectivity index (χ1) is 19.0. The molecule has 0 unspecified atom stereocenters. The summed E-state index contributed by atoms with van der Waals surface area (Å²) in [7, 11) is 1.25. The van der Waals surface area contributed by atoms with Crippen LogP contribution in [0.25, 0.3) is 6.08 Å². The molecular weight excluding hydrogens is 557 g/mol. The van der Waals surface area contributed by atoms with E-state index in [1.807, 2.05) is 32.0 Å². The lowest BCUT2D eigenvalue weighted by Gasteiger charge is -2.19. The lowest BCUT2D eigenvalue weighted by molar-refractivity contribution is -0.136. The summed E-state index contributed by atoms with van der Waals surface area (Å²) in [5.41, 5.74) is 3.49. The largest absolute Gasteiger partial charge is 0.465 e. The first-order valence-corrected chi connectivity index (χ1v) is 12.8. The van der Waals surface area contributed by atoms with E-state index < -0.39 is 23.7 Å². The van der Waals surface area contributed by atoms with Gasteiger partial charge < -0.3 is 19.8 Å². The first-order valence-electron chi connectivity index (χ1n) is 12.0. The van der Waals surface area contributed by atoms with Gasteiger partial charge in [-0.3, -0.25) is 19.3 Å². The third kappa shape index (κ3) is 6.27. The van der Waals surface area contributed by atoms with Crippen molar-refractivity contribution in [1.29, 1.82) is 0 Å². The molecule has 206 valence electrons. The van der Waals surface area contributed by atoms with Gasteiger partial charge in [0.1, 0.15) is 11.5 Å². The van der Waals surface area contributed by atoms with E-state index in [0.29, 0.717) is 27.2 Å². The lowest BCUT2D eigenvalue weighted by atomic mass is 10.1. The number of furan rings is 1. The molecule has 11 heteroatoms. The lowest BCUT2D eigenvalue weighted by Crippen LogP contribution is -2.34. The van der Waals surface area contributed by atoms with Crippen LogP contribution in [0.5, 0.6) is 0 Å². The number of nitrogens with one attached hydrogen (secondary N) is 2. The van der Waals surface area contributed by atoms with Gasteiger partial charge in [0, 0.05) is 27.1 Å². The fourth-order valence-corrected chi connectivity index (χ4v) is 4.87. The number of aryl methyl sites for hydroxylation is 2. The van der Waals surface area contributed by atoms with E-state index in [2.05, 4.69) is 10.6 Å². The highest BCUT2D eigenvalue weighted by molar-refractivity contribution is 6.40. The summed E-state index contributed by atoms with van der Waals surface area (Å²) in [6, 6.07) is 13.3. The minimum absolute atomic E-state index is 0.104. The van der Waals surface area contributed by atoms with Crippen molar-refractivity contribution >= 4 is 64.3 Å². The molecule has 2 aromatic carbocycles. The second-order valence-electron chi connectivity index (χ2n) is 9.10. The molecule has 0 bridgehead atoms. The van der Waals surface area contributed by atoms with Gasteiger partial charge in [-0.25, -0.2) is 4.79 Å². The number of nitrogens with zero attached hydrogens (tertiary/aromatic N) is 1. The van der Waals surface area contributed by atoms with E-state index in [-0.39, 0.29) is 29.1 Å². The summed E-state index contributed by atoms with van der Waals surface area (Å²) in [6.45, 7) is 5.42. The summed E-state index contributed by atoms with van der Waals surface area (Å²) in [4.78, 5) is 52.2. The highest BCUT2D eigenvalue weighted by atomic mass is 35.5. The molecule has 1 aromatic heterocycles. The summed E-state index contributed by atoms with van der Waals surface area (Å²) in [6.07, 6.45) is 1.45. The topological polar surface area (TPSA) is 118 Å². The molecular formula is C29H25Cl2N3O6. The third-order valence-electron chi connectivity index (χ3n) is 5.97. The molecule has 1 aliphatic heterocycles. The molecule has 3 amide bonds. The van der Waals surface area contributed by atoms with Crippen molar-refractivity contribution in [3.8, 4) is 0 Å². The molecule has 0 spiro atoms. The Bertz CT molecular complexity index is 1560. The highest BCUT2D eigenvalue weighted by Crippen LogP contribution is 2.36. The van der Waals surface area contributed by atoms with E-state index in [0.717, 1.165) is 11.1 Å². The summed E-state index contributed by atoms with van der Waals surface area (Å²) in [5.74, 6) is -2.31. The number of halogens is 2. The maximum absolute atomic E-state index is 13.5. The quantitative estimate of drug-likeness (QED) is 0.230. The normalized spacial score (nSPS) is 14.1. The van der Waals surface area contributed by atoms with Gasteiger partial charge in [0.05, 0.1) is 24.8 Å². The van der Waals surface area contributed by atoms with Gasteiger partial charge in [0.2, 0.25) is 0 Å². The molecule has 0 saturated heterocycles. The Balaban J connectivity index is 1.50. The predicted molar refractivity (Wildman–Crippen MR) is 152 cm³/mol. The number of carbonyl (C=O) groups excluding carboxylic acids is 4. The minimum Gasteiger partial charge on any atom is -0.465 e. The SMILES string of the molecule is COC(=O)C1=C(C)N(c2cc(C)cc(C)c2)C(=O)/C1=C/c1ccc(CNC(=O)C(=O)Nc2cc(Cl)cc(Cl)c2)o1. The van der Waals surface area contributed by atoms with Gasteiger partial charge in [-0.15, -0.1) is 0 Å². The highest BCUT2D eigenvalue weighted by Gasteiger charge is 2.38. The van der Waals surface area contributed by atoms with Crippen molar-refractivity contribution in [2.45, 2.75) is 27.3 Å². The number of rotatable bonds is 6. The Morgan fingerprint density at radius 3 is 2.23 bits per heavy atom. The second kappa shape index (κ2) is 11.8. The molecule has 2 N–H and O–H groups in total. The van der Waals surface area contributed by atoms with Crippen LogP contribution < -0.4 is 15.5 Å². The second-order valence-corrected chi connectivity index (χ2v) is 9.97. The number of ether oxygens (including phenoxy) is 1. The maximum atomic E-state index is 13.5. The van der Waals surface area contributed by atoms with Crippen LogP contribution in [-0.2, 0) is 30.5 Å². The van der Waals surface area contributed by atoms with Gasteiger partial charge in [-0.05, 0) is 80.4 Å². The van der Waals surface area contributed by atoms with Crippen LogP contribution in [-0.4, -0.2) is 30.8 Å². The van der Waals surface area contributed by atoms with E-state index in [1.165, 1.54) is 36.3 Å². The maximum Gasteiger partial charge on any atom is 0.340 e. The van der Waals surface area contributed by atoms with Crippen LogP contribution in [0.3, 0.4) is 0 Å². The standard InChI is InChI=1S/C29H25Cl2N3O6/c1-15-7-16(2)9-21(8-15)34-17(3)25(29(38)39-4)24(28(34)37)13-22-5-6-23(40-22)14-32-26(35)27(36)33-20-11-18(30)10-19(31)12-20/h5-13H,14H2,1-4H3,(H,32,35)(H,33,36)/b24-13+. The smallest absolute Gasteiger partial charge is 0.340 e. The Hall–Kier alpha value is -4.34. The molecule has 0 saturated carbocycles. The third-order valence-corrected chi connectivity index (χ3v) is 6.41. The number of methoxy groups -OCH3 is 1. The average molecular weight is 582 g/mol. The zero-order valence-corrected chi connectivity index (χ0v) is 23.6. The summed E-state index contributed by atoms with van der Waals surface area (Å²) in [5, 5.41) is 5.48. The summed E-state index contributed by atoms with van der Waals surface area (Å²) >= 11 is 11.8. The number of hydrogen-bond acceptors (Lipinski definition) is 6. The zero-order valence-electron chi connectivity index (χ0n) is 22.1. The molecule has 9 nitrogen and oxygen atoms in total. The van der Waals surface area contributed by atoms with E-state index >= 15 is 0 Å². The van der Waals surface area contributed by atoms with Crippen LogP contribution in [0, 0.1) is 13.8 Å². The number of anilines is 2. The molecule has 3 aromatic rings. The van der Waals surface area contributed by atoms with Gasteiger partial charge in [-0.1, -0.05) is 29.3 Å². The molecule has 2 heterocycles. The molecule has 0 radical (unpaired) electrons. The van der Waals surface area contributed by atoms with Gasteiger partial charge in [0.15, 0.2) is 0 Å². The zero-order chi connectivity index (χ0) is 29.1. The van der Waals surface area contributed by atoms with Gasteiger partial charge in [0.25, 0.3) is 5.91 Å². The van der Waals surface area contributed by atoms with Crippen LogP contribution in [0.15, 0.2) is 69.8 Å². The van der Waals surface area contributed by atoms with Crippen molar-refractivity contribution in [2.75, 3.05) is 17.3 Å². The summed E-state index contributed by atoms with van der Waals surface area (Å²) < 4.78 is 10.7. The monoisotopic (exact) mass is 581 g/mol. The molecule has 1 aliphatic rings. The van der Waals surface area contributed by atoms with Crippen LogP contribution in [0.1, 0.15) is 29.6 Å². The average Bonchev–Trinajstić information content (AvgIpc) is 3.42. The number of benzene rings is 2. The molecule has 4 rings (SSSR count). The van der Waals surface area contributed by atoms with E-state index in [4.69, 9.17) is 32.4 Å².